The minimum Gasteiger partial charge on any atom is -0.480 e. The highest BCUT2D eigenvalue weighted by Gasteiger charge is 2.31. The Hall–Kier alpha value is -1.17. The number of morpholine rings is 1. The van der Waals surface area contributed by atoms with Crippen molar-refractivity contribution in [3.63, 3.8) is 0 Å². The molecule has 0 radical (unpaired) electrons. The van der Waals surface area contributed by atoms with Crippen molar-refractivity contribution in [1.29, 1.82) is 0 Å². The third kappa shape index (κ3) is 2.80. The number of nitrogens with zero attached hydrogens (tertiary/aromatic N) is 1. The first kappa shape index (κ1) is 13.3. The molecule has 0 aliphatic carbocycles. The lowest BCUT2D eigenvalue weighted by Gasteiger charge is -2.32. The van der Waals surface area contributed by atoms with Gasteiger partial charge < -0.3 is 9.84 Å². The number of rotatable bonds is 3. The smallest absolute Gasteiger partial charge is 0.325 e. The number of benzene rings is 1. The molecule has 98 valence electrons. The van der Waals surface area contributed by atoms with Gasteiger partial charge in [0.1, 0.15) is 11.9 Å². The van der Waals surface area contributed by atoms with Crippen LogP contribution in [0.5, 0.6) is 0 Å². The van der Waals surface area contributed by atoms with E-state index >= 15 is 0 Å². The normalized spacial score (nSPS) is 18.6. The van der Waals surface area contributed by atoms with Gasteiger partial charge in [-0.3, -0.25) is 9.69 Å². The van der Waals surface area contributed by atoms with E-state index in [-0.39, 0.29) is 5.56 Å². The summed E-state index contributed by atoms with van der Waals surface area (Å²) in [6.07, 6.45) is 0. The van der Waals surface area contributed by atoms with Gasteiger partial charge in [0.2, 0.25) is 0 Å². The standard InChI is InChI=1S/C12H13ClFNO3/c13-8-1-2-10(14)9(7-8)11(12(16)17)15-3-5-18-6-4-15/h1-2,7,11H,3-6H2,(H,16,17). The molecule has 0 aromatic heterocycles. The van der Waals surface area contributed by atoms with Crippen LogP contribution in [0.3, 0.4) is 0 Å². The predicted molar refractivity (Wildman–Crippen MR) is 64.2 cm³/mol. The summed E-state index contributed by atoms with van der Waals surface area (Å²) in [5.74, 6) is -1.64. The molecule has 1 fully saturated rings. The summed E-state index contributed by atoms with van der Waals surface area (Å²) in [6, 6.07) is 2.94. The first-order valence-corrected chi connectivity index (χ1v) is 5.97. The van der Waals surface area contributed by atoms with Crippen LogP contribution in [-0.2, 0) is 9.53 Å². The van der Waals surface area contributed by atoms with E-state index in [0.29, 0.717) is 31.3 Å². The molecule has 1 aromatic rings. The lowest BCUT2D eigenvalue weighted by molar-refractivity contribution is -0.145. The zero-order valence-electron chi connectivity index (χ0n) is 9.60. The molecule has 0 saturated carbocycles. The molecule has 2 rings (SSSR count). The van der Waals surface area contributed by atoms with Crippen LogP contribution in [0.25, 0.3) is 0 Å². The highest BCUT2D eigenvalue weighted by Crippen LogP contribution is 2.27. The number of halogens is 2. The molecule has 1 unspecified atom stereocenters. The lowest BCUT2D eigenvalue weighted by Crippen LogP contribution is -2.42. The Morgan fingerprint density at radius 2 is 2.11 bits per heavy atom. The van der Waals surface area contributed by atoms with E-state index in [1.807, 2.05) is 0 Å². The van der Waals surface area contributed by atoms with Crippen LogP contribution in [0.2, 0.25) is 5.02 Å². The van der Waals surface area contributed by atoms with Crippen LogP contribution < -0.4 is 0 Å². The Morgan fingerprint density at radius 1 is 1.44 bits per heavy atom. The van der Waals surface area contributed by atoms with Crippen molar-refractivity contribution in [3.05, 3.63) is 34.6 Å². The highest BCUT2D eigenvalue weighted by atomic mass is 35.5. The van der Waals surface area contributed by atoms with Crippen LogP contribution in [0, 0.1) is 5.82 Å². The van der Waals surface area contributed by atoms with Crippen LogP contribution in [0.15, 0.2) is 18.2 Å². The van der Waals surface area contributed by atoms with Crippen LogP contribution in [-0.4, -0.2) is 42.3 Å². The molecule has 0 spiro atoms. The number of hydrogen-bond donors (Lipinski definition) is 1. The molecular formula is C12H13ClFNO3. The molecule has 4 nitrogen and oxygen atoms in total. The Kier molecular flexibility index (Phi) is 4.16. The van der Waals surface area contributed by atoms with Gasteiger partial charge in [0.05, 0.1) is 13.2 Å². The Labute approximate surface area is 109 Å². The molecule has 1 aliphatic heterocycles. The summed E-state index contributed by atoms with van der Waals surface area (Å²) in [7, 11) is 0. The van der Waals surface area contributed by atoms with E-state index in [2.05, 4.69) is 0 Å². The topological polar surface area (TPSA) is 49.8 Å². The highest BCUT2D eigenvalue weighted by molar-refractivity contribution is 6.30. The third-order valence-corrected chi connectivity index (χ3v) is 3.13. The number of hydrogen-bond acceptors (Lipinski definition) is 3. The molecular weight excluding hydrogens is 261 g/mol. The van der Waals surface area contributed by atoms with Gasteiger partial charge >= 0.3 is 5.97 Å². The maximum Gasteiger partial charge on any atom is 0.325 e. The minimum atomic E-state index is -1.09. The molecule has 6 heteroatoms. The zero-order valence-corrected chi connectivity index (χ0v) is 10.4. The molecule has 0 bridgehead atoms. The molecule has 1 aliphatic rings. The van der Waals surface area contributed by atoms with Crippen molar-refractivity contribution >= 4 is 17.6 Å². The largest absolute Gasteiger partial charge is 0.480 e. The van der Waals surface area contributed by atoms with Gasteiger partial charge in [0.15, 0.2) is 0 Å². The summed E-state index contributed by atoms with van der Waals surface area (Å²) in [6.45, 7) is 1.82. The molecule has 1 saturated heterocycles. The molecule has 1 N–H and O–H groups in total. The molecule has 1 heterocycles. The zero-order chi connectivity index (χ0) is 13.1. The van der Waals surface area contributed by atoms with E-state index in [1.165, 1.54) is 18.2 Å². The van der Waals surface area contributed by atoms with Crippen LogP contribution >= 0.6 is 11.6 Å². The van der Waals surface area contributed by atoms with Crippen molar-refractivity contribution in [2.45, 2.75) is 6.04 Å². The second kappa shape index (κ2) is 5.65. The average Bonchev–Trinajstić information content (AvgIpc) is 2.35. The second-order valence-electron chi connectivity index (χ2n) is 4.05. The fraction of sp³-hybridized carbons (Fsp3) is 0.417. The summed E-state index contributed by atoms with van der Waals surface area (Å²) in [4.78, 5) is 13.1. The van der Waals surface area contributed by atoms with Crippen molar-refractivity contribution in [3.8, 4) is 0 Å². The van der Waals surface area contributed by atoms with E-state index in [9.17, 15) is 14.3 Å². The maximum absolute atomic E-state index is 13.8. The first-order chi connectivity index (χ1) is 8.59. The lowest BCUT2D eigenvalue weighted by atomic mass is 10.0. The van der Waals surface area contributed by atoms with E-state index in [0.717, 1.165) is 0 Å². The number of carboxylic acid groups (broad SMARTS) is 1. The monoisotopic (exact) mass is 273 g/mol. The number of carboxylic acids is 1. The van der Waals surface area contributed by atoms with Gasteiger partial charge in [-0.25, -0.2) is 4.39 Å². The van der Waals surface area contributed by atoms with Gasteiger partial charge in [-0.05, 0) is 18.2 Å². The Balaban J connectivity index is 2.34. The van der Waals surface area contributed by atoms with Crippen LogP contribution in [0.1, 0.15) is 11.6 Å². The van der Waals surface area contributed by atoms with E-state index in [4.69, 9.17) is 16.3 Å². The Bertz CT molecular complexity index is 449. The molecule has 1 atom stereocenters. The second-order valence-corrected chi connectivity index (χ2v) is 4.49. The quantitative estimate of drug-likeness (QED) is 0.914. The van der Waals surface area contributed by atoms with E-state index < -0.39 is 17.8 Å². The van der Waals surface area contributed by atoms with Gasteiger partial charge in [0.25, 0.3) is 0 Å². The fourth-order valence-corrected chi connectivity index (χ4v) is 2.23. The summed E-state index contributed by atoms with van der Waals surface area (Å²) >= 11 is 5.80. The predicted octanol–water partition coefficient (Wildman–Crippen LogP) is 1.94. The first-order valence-electron chi connectivity index (χ1n) is 5.59. The third-order valence-electron chi connectivity index (χ3n) is 2.90. The Morgan fingerprint density at radius 3 is 2.72 bits per heavy atom. The SMILES string of the molecule is O=C(O)C(c1cc(Cl)ccc1F)N1CCOCC1. The number of aliphatic carboxylic acids is 1. The van der Waals surface area contributed by atoms with Crippen molar-refractivity contribution in [2.75, 3.05) is 26.3 Å². The fourth-order valence-electron chi connectivity index (χ4n) is 2.05. The van der Waals surface area contributed by atoms with E-state index in [1.54, 1.807) is 4.90 Å². The van der Waals surface area contributed by atoms with Gasteiger partial charge in [-0.2, -0.15) is 0 Å². The summed E-state index contributed by atoms with van der Waals surface area (Å²) < 4.78 is 18.9. The van der Waals surface area contributed by atoms with Crippen molar-refractivity contribution in [2.24, 2.45) is 0 Å². The number of carbonyl (C=O) groups is 1. The molecule has 1 aromatic carbocycles. The molecule has 18 heavy (non-hydrogen) atoms. The summed E-state index contributed by atoms with van der Waals surface area (Å²) in [5, 5.41) is 9.63. The van der Waals surface area contributed by atoms with Crippen molar-refractivity contribution < 1.29 is 19.0 Å². The van der Waals surface area contributed by atoms with Gasteiger partial charge in [-0.15, -0.1) is 0 Å². The number of ether oxygens (including phenoxy) is 1. The van der Waals surface area contributed by atoms with Gasteiger partial charge in [0, 0.05) is 23.7 Å². The molecule has 0 amide bonds. The minimum absolute atomic E-state index is 0.0944. The van der Waals surface area contributed by atoms with Crippen LogP contribution in [0.4, 0.5) is 4.39 Å². The summed E-state index contributed by atoms with van der Waals surface area (Å²) in [5.41, 5.74) is 0.0944. The maximum atomic E-state index is 13.8. The van der Waals surface area contributed by atoms with Crippen molar-refractivity contribution in [1.82, 2.24) is 4.90 Å². The van der Waals surface area contributed by atoms with Gasteiger partial charge in [-0.1, -0.05) is 11.6 Å². The average molecular weight is 274 g/mol.